The lowest BCUT2D eigenvalue weighted by Crippen LogP contribution is -2.30. The number of rotatable bonds is 5. The van der Waals surface area contributed by atoms with Gasteiger partial charge in [0.05, 0.1) is 5.69 Å². The van der Waals surface area contributed by atoms with Crippen molar-refractivity contribution in [1.29, 1.82) is 0 Å². The van der Waals surface area contributed by atoms with Crippen LogP contribution in [0.3, 0.4) is 0 Å². The van der Waals surface area contributed by atoms with Gasteiger partial charge in [-0.05, 0) is 38.1 Å². The number of hydrogen-bond donors (Lipinski definition) is 2. The average molecular weight is 353 g/mol. The number of anilines is 1. The summed E-state index contributed by atoms with van der Waals surface area (Å²) in [4.78, 5) is 37.7. The molecule has 0 saturated heterocycles. The Kier molecular flexibility index (Phi) is 5.35. The van der Waals surface area contributed by atoms with E-state index >= 15 is 0 Å². The summed E-state index contributed by atoms with van der Waals surface area (Å²) >= 11 is 5.63. The van der Waals surface area contributed by atoms with Crippen molar-refractivity contribution in [1.82, 2.24) is 4.98 Å². The van der Waals surface area contributed by atoms with Gasteiger partial charge in [-0.1, -0.05) is 11.6 Å². The first kappa shape index (κ1) is 17.7. The number of H-pyrrole nitrogens is 1. The maximum atomic E-state index is 13.6. The molecule has 6 nitrogen and oxygen atoms in total. The Hall–Kier alpha value is -2.67. The van der Waals surface area contributed by atoms with Crippen LogP contribution in [0.1, 0.15) is 34.7 Å². The molecule has 1 amide bonds. The van der Waals surface area contributed by atoms with Crippen LogP contribution in [0.15, 0.2) is 30.5 Å². The fourth-order valence-corrected chi connectivity index (χ4v) is 1.98. The van der Waals surface area contributed by atoms with Crippen LogP contribution < -0.4 is 5.32 Å². The van der Waals surface area contributed by atoms with Crippen LogP contribution in [0.2, 0.25) is 5.02 Å². The number of aromatic amines is 1. The normalized spacial score (nSPS) is 11.7. The summed E-state index contributed by atoms with van der Waals surface area (Å²) in [6, 6.07) is 5.09. The highest BCUT2D eigenvalue weighted by Crippen LogP contribution is 2.19. The van der Waals surface area contributed by atoms with Gasteiger partial charge in [0.2, 0.25) is 0 Å². The Morgan fingerprint density at radius 3 is 2.58 bits per heavy atom. The number of amides is 1. The number of ketones is 1. The maximum Gasteiger partial charge on any atom is 0.355 e. The number of ether oxygens (including phenoxy) is 1. The molecular weight excluding hydrogens is 339 g/mol. The molecule has 0 unspecified atom stereocenters. The summed E-state index contributed by atoms with van der Waals surface area (Å²) in [5, 5.41) is 2.50. The quantitative estimate of drug-likeness (QED) is 0.639. The van der Waals surface area contributed by atoms with Crippen molar-refractivity contribution in [3.8, 4) is 0 Å². The van der Waals surface area contributed by atoms with Crippen molar-refractivity contribution in [2.75, 3.05) is 5.32 Å². The van der Waals surface area contributed by atoms with Crippen LogP contribution in [0.4, 0.5) is 10.1 Å². The first-order valence-corrected chi connectivity index (χ1v) is 7.32. The average Bonchev–Trinajstić information content (AvgIpc) is 3.00. The molecule has 0 aliphatic rings. The number of benzene rings is 1. The number of carbonyl (C=O) groups is 3. The molecule has 0 aliphatic heterocycles. The number of hydrogen-bond acceptors (Lipinski definition) is 4. The monoisotopic (exact) mass is 352 g/mol. The van der Waals surface area contributed by atoms with E-state index in [2.05, 4.69) is 10.3 Å². The largest absolute Gasteiger partial charge is 0.448 e. The zero-order valence-corrected chi connectivity index (χ0v) is 13.6. The Balaban J connectivity index is 2.00. The van der Waals surface area contributed by atoms with E-state index in [-0.39, 0.29) is 22.2 Å². The number of Topliss-reactive ketones (excluding diaryl/α,β-unsaturated/α-hetero) is 1. The summed E-state index contributed by atoms with van der Waals surface area (Å²) in [6.07, 6.45) is 0.198. The van der Waals surface area contributed by atoms with Gasteiger partial charge in [0.15, 0.2) is 11.9 Å². The third-order valence-corrected chi connectivity index (χ3v) is 3.39. The van der Waals surface area contributed by atoms with Crippen LogP contribution in [0.25, 0.3) is 0 Å². The molecule has 2 aromatic rings. The number of nitrogens with one attached hydrogen (secondary N) is 2. The second kappa shape index (κ2) is 7.27. The number of carbonyl (C=O) groups excluding carboxylic acids is 3. The third kappa shape index (κ3) is 4.20. The molecule has 0 aliphatic carbocycles. The van der Waals surface area contributed by atoms with Gasteiger partial charge in [-0.25, -0.2) is 9.18 Å². The Bertz CT molecular complexity index is 803. The van der Waals surface area contributed by atoms with Gasteiger partial charge in [-0.2, -0.15) is 0 Å². The summed E-state index contributed by atoms with van der Waals surface area (Å²) in [5.41, 5.74) is 0.283. The smallest absolute Gasteiger partial charge is 0.355 e. The van der Waals surface area contributed by atoms with Gasteiger partial charge in [-0.3, -0.25) is 9.59 Å². The van der Waals surface area contributed by atoms with Crippen molar-refractivity contribution in [2.24, 2.45) is 0 Å². The lowest BCUT2D eigenvalue weighted by Gasteiger charge is -2.13. The number of halogens is 2. The van der Waals surface area contributed by atoms with E-state index in [9.17, 15) is 18.8 Å². The van der Waals surface area contributed by atoms with Gasteiger partial charge in [0, 0.05) is 16.8 Å². The SMILES string of the molecule is CC(=O)c1c[nH]c(C(=O)O[C@H](C)C(=O)Nc2ccc(Cl)cc2F)c1. The Labute approximate surface area is 142 Å². The van der Waals surface area contributed by atoms with Crippen molar-refractivity contribution in [2.45, 2.75) is 20.0 Å². The van der Waals surface area contributed by atoms with Crippen LogP contribution in [0.5, 0.6) is 0 Å². The van der Waals surface area contributed by atoms with Crippen molar-refractivity contribution >= 4 is 34.9 Å². The van der Waals surface area contributed by atoms with E-state index in [1.165, 1.54) is 38.2 Å². The molecule has 0 saturated carbocycles. The van der Waals surface area contributed by atoms with E-state index in [1.807, 2.05) is 0 Å². The minimum atomic E-state index is -1.17. The van der Waals surface area contributed by atoms with Crippen LogP contribution in [0, 0.1) is 5.82 Å². The Morgan fingerprint density at radius 2 is 2.00 bits per heavy atom. The van der Waals surface area contributed by atoms with Crippen molar-refractivity contribution in [3.63, 3.8) is 0 Å². The molecule has 8 heteroatoms. The van der Waals surface area contributed by atoms with Gasteiger partial charge in [-0.15, -0.1) is 0 Å². The van der Waals surface area contributed by atoms with Crippen LogP contribution in [-0.4, -0.2) is 28.7 Å². The molecule has 126 valence electrons. The minimum Gasteiger partial charge on any atom is -0.448 e. The van der Waals surface area contributed by atoms with Gasteiger partial charge in [0.25, 0.3) is 5.91 Å². The predicted octanol–water partition coefficient (Wildman–Crippen LogP) is 3.19. The standard InChI is InChI=1S/C16H14ClFN2O4/c1-8(21)10-5-14(19-7-10)16(23)24-9(2)15(22)20-13-4-3-11(17)6-12(13)18/h3-7,9,19H,1-2H3,(H,20,22)/t9-/m1/s1. The fraction of sp³-hybridized carbons (Fsp3) is 0.188. The molecule has 0 spiro atoms. The highest BCUT2D eigenvalue weighted by Gasteiger charge is 2.21. The van der Waals surface area contributed by atoms with E-state index in [0.29, 0.717) is 5.56 Å². The summed E-state index contributed by atoms with van der Waals surface area (Å²) in [7, 11) is 0. The highest BCUT2D eigenvalue weighted by atomic mass is 35.5. The van der Waals surface area contributed by atoms with Crippen molar-refractivity contribution in [3.05, 3.63) is 52.6 Å². The molecule has 0 fully saturated rings. The predicted molar refractivity (Wildman–Crippen MR) is 85.7 cm³/mol. The van der Waals surface area contributed by atoms with Crippen molar-refractivity contribution < 1.29 is 23.5 Å². The lowest BCUT2D eigenvalue weighted by atomic mass is 10.2. The lowest BCUT2D eigenvalue weighted by molar-refractivity contribution is -0.123. The fourth-order valence-electron chi connectivity index (χ4n) is 1.82. The first-order chi connectivity index (χ1) is 11.3. The molecule has 2 N–H and O–H groups in total. The number of esters is 1. The molecule has 24 heavy (non-hydrogen) atoms. The summed E-state index contributed by atoms with van der Waals surface area (Å²) in [6.45, 7) is 2.70. The molecule has 1 atom stereocenters. The molecule has 0 bridgehead atoms. The second-order valence-corrected chi connectivity index (χ2v) is 5.46. The van der Waals surface area contributed by atoms with Gasteiger partial charge < -0.3 is 15.0 Å². The molecule has 1 aromatic heterocycles. The molecule has 2 rings (SSSR count). The molecule has 1 aromatic carbocycles. The second-order valence-electron chi connectivity index (χ2n) is 5.02. The first-order valence-electron chi connectivity index (χ1n) is 6.94. The molecule has 0 radical (unpaired) electrons. The number of aromatic nitrogens is 1. The molecule has 1 heterocycles. The van der Waals surface area contributed by atoms with Crippen LogP contribution in [-0.2, 0) is 9.53 Å². The zero-order valence-electron chi connectivity index (χ0n) is 12.9. The Morgan fingerprint density at radius 1 is 1.29 bits per heavy atom. The summed E-state index contributed by atoms with van der Waals surface area (Å²) in [5.74, 6) is -2.43. The highest BCUT2D eigenvalue weighted by molar-refractivity contribution is 6.30. The molecular formula is C16H14ClFN2O4. The van der Waals surface area contributed by atoms with E-state index < -0.39 is 23.8 Å². The van der Waals surface area contributed by atoms with Crippen LogP contribution >= 0.6 is 11.6 Å². The summed E-state index contributed by atoms with van der Waals surface area (Å²) < 4.78 is 18.6. The topological polar surface area (TPSA) is 88.3 Å². The van der Waals surface area contributed by atoms with Gasteiger partial charge in [0.1, 0.15) is 11.5 Å². The minimum absolute atomic E-state index is 0.0394. The maximum absolute atomic E-state index is 13.6. The van der Waals surface area contributed by atoms with E-state index in [1.54, 1.807) is 0 Å². The third-order valence-electron chi connectivity index (χ3n) is 3.15. The van der Waals surface area contributed by atoms with E-state index in [0.717, 1.165) is 6.07 Å². The van der Waals surface area contributed by atoms with Gasteiger partial charge >= 0.3 is 5.97 Å². The zero-order chi connectivity index (χ0) is 17.9. The van der Waals surface area contributed by atoms with E-state index in [4.69, 9.17) is 16.3 Å².